The Morgan fingerprint density at radius 1 is 0.939 bits per heavy atom. The molecule has 1 aromatic rings. The molecular weight excluding hydrogens is 430 g/mol. The van der Waals surface area contributed by atoms with Gasteiger partial charge in [-0.05, 0) is 50.1 Å². The van der Waals surface area contributed by atoms with Crippen molar-refractivity contribution in [3.05, 3.63) is 66.3 Å². The van der Waals surface area contributed by atoms with Crippen molar-refractivity contribution >= 4 is 29.2 Å². The number of hydrogen-bond acceptors (Lipinski definition) is 9. The first-order chi connectivity index (χ1) is 15.3. The van der Waals surface area contributed by atoms with Gasteiger partial charge in [0.05, 0.1) is 18.8 Å². The Hall–Kier alpha value is -3.56. The highest BCUT2D eigenvalue weighted by atomic mass is 16.6. The molecule has 9 nitrogen and oxygen atoms in total. The van der Waals surface area contributed by atoms with E-state index in [9.17, 15) is 29.4 Å². The molecule has 0 bridgehead atoms. The Labute approximate surface area is 192 Å². The summed E-state index contributed by atoms with van der Waals surface area (Å²) in [5.41, 5.74) is 0.270. The van der Waals surface area contributed by atoms with Gasteiger partial charge in [-0.15, -0.1) is 0 Å². The lowest BCUT2D eigenvalue weighted by molar-refractivity contribution is -0.196. The first kappa shape index (κ1) is 27.5. The summed E-state index contributed by atoms with van der Waals surface area (Å²) in [6, 6.07) is 5.78. The maximum absolute atomic E-state index is 13.3. The lowest BCUT2D eigenvalue weighted by Crippen LogP contribution is -2.67. The topological polar surface area (TPSA) is 153 Å². The van der Waals surface area contributed by atoms with Gasteiger partial charge < -0.3 is 25.4 Å². The summed E-state index contributed by atoms with van der Waals surface area (Å²) in [5, 5.41) is 20.6. The van der Waals surface area contributed by atoms with E-state index in [0.29, 0.717) is 0 Å². The summed E-state index contributed by atoms with van der Waals surface area (Å²) in [7, 11) is 0. The number of nitrogens with two attached hydrogens (primary N) is 1. The largest absolute Gasteiger partial charge is 0.461 e. The Morgan fingerprint density at radius 3 is 1.85 bits per heavy atom. The van der Waals surface area contributed by atoms with Crippen LogP contribution in [0.25, 0.3) is 0 Å². The molecule has 1 aromatic carbocycles. The molecule has 33 heavy (non-hydrogen) atoms. The van der Waals surface area contributed by atoms with Crippen molar-refractivity contribution < 1.29 is 38.9 Å². The van der Waals surface area contributed by atoms with Crippen molar-refractivity contribution in [1.29, 1.82) is 0 Å². The number of aliphatic hydroxyl groups is 2. The van der Waals surface area contributed by atoms with Gasteiger partial charge in [0.1, 0.15) is 12.0 Å². The number of Topliss-reactive ketones (excluding diaryl/α,β-unsaturated/α-hetero) is 2. The van der Waals surface area contributed by atoms with Gasteiger partial charge in [0.2, 0.25) is 17.2 Å². The molecule has 0 aliphatic rings. The first-order valence-corrected chi connectivity index (χ1v) is 9.83. The van der Waals surface area contributed by atoms with Crippen LogP contribution in [0.4, 0.5) is 5.69 Å². The number of anilines is 1. The number of aliphatic hydroxyl groups excluding tert-OH is 2. The van der Waals surface area contributed by atoms with Gasteiger partial charge in [0, 0.05) is 11.3 Å². The van der Waals surface area contributed by atoms with Crippen molar-refractivity contribution in [1.82, 2.24) is 0 Å². The molecule has 0 amide bonds. The molecule has 0 aliphatic heterocycles. The van der Waals surface area contributed by atoms with Crippen LogP contribution in [0.1, 0.15) is 31.1 Å². The fourth-order valence-electron chi connectivity index (χ4n) is 3.03. The van der Waals surface area contributed by atoms with E-state index < -0.39 is 54.3 Å². The Balaban J connectivity index is 3.71. The molecule has 0 heterocycles. The number of carbonyl (C=O) groups excluding carboxylic acids is 4. The van der Waals surface area contributed by atoms with Crippen LogP contribution in [-0.4, -0.2) is 59.1 Å². The maximum atomic E-state index is 13.3. The van der Waals surface area contributed by atoms with Crippen molar-refractivity contribution in [2.45, 2.75) is 26.4 Å². The molecular formula is C24H29NO8. The molecule has 0 fully saturated rings. The van der Waals surface area contributed by atoms with Gasteiger partial charge in [-0.1, -0.05) is 25.8 Å². The second-order valence-corrected chi connectivity index (χ2v) is 7.87. The fraction of sp³-hybridized carbons (Fsp3) is 0.333. The minimum absolute atomic E-state index is 0.0433. The van der Waals surface area contributed by atoms with E-state index in [2.05, 4.69) is 19.7 Å². The number of hydrogen-bond donors (Lipinski definition) is 3. The zero-order chi connectivity index (χ0) is 25.6. The quantitative estimate of drug-likeness (QED) is 0.183. The van der Waals surface area contributed by atoms with Gasteiger partial charge >= 0.3 is 11.9 Å². The molecule has 178 valence electrons. The third-order valence-electron chi connectivity index (χ3n) is 4.96. The minimum atomic E-state index is -2.83. The van der Waals surface area contributed by atoms with Crippen LogP contribution < -0.4 is 5.73 Å². The van der Waals surface area contributed by atoms with E-state index >= 15 is 0 Å². The number of esters is 2. The van der Waals surface area contributed by atoms with E-state index in [4.69, 9.17) is 15.2 Å². The van der Waals surface area contributed by atoms with E-state index in [1.807, 2.05) is 0 Å². The number of carbonyl (C=O) groups is 4. The van der Waals surface area contributed by atoms with E-state index in [-0.39, 0.29) is 28.0 Å². The van der Waals surface area contributed by atoms with Crippen molar-refractivity contribution in [3.8, 4) is 0 Å². The molecule has 0 saturated heterocycles. The summed E-state index contributed by atoms with van der Waals surface area (Å²) in [5.74, 6) is -4.27. The van der Waals surface area contributed by atoms with Crippen LogP contribution in [0.3, 0.4) is 0 Å². The summed E-state index contributed by atoms with van der Waals surface area (Å²) in [4.78, 5) is 51.8. The zero-order valence-electron chi connectivity index (χ0n) is 19.0. The summed E-state index contributed by atoms with van der Waals surface area (Å²) < 4.78 is 10.6. The average molecular weight is 459 g/mol. The molecule has 0 aromatic heterocycles. The van der Waals surface area contributed by atoms with Gasteiger partial charge in [-0.25, -0.2) is 9.59 Å². The monoisotopic (exact) mass is 459 g/mol. The molecule has 1 rings (SSSR count). The van der Waals surface area contributed by atoms with Crippen LogP contribution in [0.5, 0.6) is 0 Å². The molecule has 0 aliphatic carbocycles. The Morgan fingerprint density at radius 2 is 1.45 bits per heavy atom. The van der Waals surface area contributed by atoms with Crippen molar-refractivity contribution in [2.24, 2.45) is 5.41 Å². The molecule has 0 spiro atoms. The molecule has 0 radical (unpaired) electrons. The van der Waals surface area contributed by atoms with Gasteiger partial charge in [0.15, 0.2) is 0 Å². The smallest absolute Gasteiger partial charge is 0.338 e. The van der Waals surface area contributed by atoms with Gasteiger partial charge in [0.25, 0.3) is 0 Å². The summed E-state index contributed by atoms with van der Waals surface area (Å²) >= 11 is 0. The predicted molar refractivity (Wildman–Crippen MR) is 121 cm³/mol. The third-order valence-corrected chi connectivity index (χ3v) is 4.96. The second kappa shape index (κ2) is 10.8. The lowest BCUT2D eigenvalue weighted by Gasteiger charge is -2.45. The van der Waals surface area contributed by atoms with E-state index in [0.717, 1.165) is 0 Å². The molecule has 4 N–H and O–H groups in total. The molecule has 9 heteroatoms. The van der Waals surface area contributed by atoms with Gasteiger partial charge in [-0.2, -0.15) is 0 Å². The molecule has 0 atom stereocenters. The van der Waals surface area contributed by atoms with Crippen LogP contribution >= 0.6 is 0 Å². The van der Waals surface area contributed by atoms with Crippen molar-refractivity contribution in [3.63, 3.8) is 0 Å². The lowest BCUT2D eigenvalue weighted by atomic mass is 9.65. The standard InChI is InChI=1S/C24H29NO8/c1-14(2)19(28)24(20(29)15(3)4,33-21(30)16(5)6)23(11-26,12-27)13-32-22(31)17-8-7-9-18(25)10-17/h7-10,26-27H,1,3,5,11-13,25H2,2,4,6H3. The summed E-state index contributed by atoms with van der Waals surface area (Å²) in [6.45, 7) is 11.2. The number of ketones is 2. The predicted octanol–water partition coefficient (Wildman–Crippen LogP) is 1.55. The number of benzene rings is 1. The number of nitrogen functional groups attached to an aromatic ring is 1. The van der Waals surface area contributed by atoms with Crippen molar-refractivity contribution in [2.75, 3.05) is 25.6 Å². The third kappa shape index (κ3) is 5.44. The highest BCUT2D eigenvalue weighted by molar-refractivity contribution is 6.23. The Bertz CT molecular complexity index is 977. The van der Waals surface area contributed by atoms with Crippen LogP contribution in [0, 0.1) is 5.41 Å². The number of ether oxygens (including phenoxy) is 2. The van der Waals surface area contributed by atoms with Crippen LogP contribution in [0.2, 0.25) is 0 Å². The first-order valence-electron chi connectivity index (χ1n) is 9.83. The second-order valence-electron chi connectivity index (χ2n) is 7.87. The molecule has 0 saturated carbocycles. The highest BCUT2D eigenvalue weighted by Gasteiger charge is 2.65. The van der Waals surface area contributed by atoms with Gasteiger partial charge in [-0.3, -0.25) is 9.59 Å². The van der Waals surface area contributed by atoms with E-state index in [1.54, 1.807) is 6.07 Å². The van der Waals surface area contributed by atoms with Crippen LogP contribution in [-0.2, 0) is 23.9 Å². The highest BCUT2D eigenvalue weighted by Crippen LogP contribution is 2.41. The Kier molecular flexibility index (Phi) is 9.03. The number of rotatable bonds is 12. The molecule has 0 unspecified atom stereocenters. The average Bonchev–Trinajstić information content (AvgIpc) is 2.77. The summed E-state index contributed by atoms with van der Waals surface area (Å²) in [6.07, 6.45) is 0. The normalized spacial score (nSPS) is 11.3. The zero-order valence-corrected chi connectivity index (χ0v) is 19.0. The fourth-order valence-corrected chi connectivity index (χ4v) is 3.03. The maximum Gasteiger partial charge on any atom is 0.338 e. The minimum Gasteiger partial charge on any atom is -0.461 e. The van der Waals surface area contributed by atoms with E-state index in [1.165, 1.54) is 39.0 Å². The SMILES string of the molecule is C=C(C)C(=O)OC(C(=O)C(=C)C)(C(=O)C(=C)C)C(CO)(CO)COC(=O)c1cccc(N)c1. The van der Waals surface area contributed by atoms with Crippen LogP contribution in [0.15, 0.2) is 60.7 Å².